The first-order chi connectivity index (χ1) is 9.87. The number of hydrogen-bond acceptors (Lipinski definition) is 5. The predicted molar refractivity (Wildman–Crippen MR) is 78.1 cm³/mol. The molecule has 0 aromatic carbocycles. The minimum atomic E-state index is -3.69. The van der Waals surface area contributed by atoms with Crippen LogP contribution in [0.5, 0.6) is 0 Å². The van der Waals surface area contributed by atoms with Crippen molar-refractivity contribution in [3.8, 4) is 0 Å². The molecule has 0 spiro atoms. The van der Waals surface area contributed by atoms with Gasteiger partial charge in [-0.25, -0.2) is 13.1 Å². The summed E-state index contributed by atoms with van der Waals surface area (Å²) in [7, 11) is -3.69. The van der Waals surface area contributed by atoms with E-state index in [0.29, 0.717) is 10.8 Å². The molecule has 114 valence electrons. The van der Waals surface area contributed by atoms with E-state index >= 15 is 0 Å². The molecule has 2 aromatic heterocycles. The quantitative estimate of drug-likeness (QED) is 0.782. The second-order valence-corrected chi connectivity index (χ2v) is 7.69. The van der Waals surface area contributed by atoms with Crippen molar-refractivity contribution in [1.29, 1.82) is 0 Å². The summed E-state index contributed by atoms with van der Waals surface area (Å²) in [6, 6.07) is 3.60. The highest BCUT2D eigenvalue weighted by Crippen LogP contribution is 2.21. The molecule has 0 radical (unpaired) electrons. The zero-order valence-corrected chi connectivity index (χ0v) is 13.1. The molecule has 0 fully saturated rings. The molecule has 0 aliphatic carbocycles. The third-order valence-corrected chi connectivity index (χ3v) is 5.22. The fourth-order valence-corrected chi connectivity index (χ4v) is 3.66. The highest BCUT2D eigenvalue weighted by Gasteiger charge is 2.16. The average molecular weight is 350 g/mol. The Balaban J connectivity index is 1.94. The number of nitrogens with zero attached hydrogens (tertiary/aromatic N) is 2. The Kier molecular flexibility index (Phi) is 4.99. The van der Waals surface area contributed by atoms with Gasteiger partial charge in [-0.1, -0.05) is 11.6 Å². The SMILES string of the molecule is O=C(O)Cn1cc(S(=O)(=O)NCCc2ccc(Cl)s2)cn1. The number of nitrogens with one attached hydrogen (secondary N) is 1. The molecule has 0 atom stereocenters. The van der Waals surface area contributed by atoms with Crippen molar-refractivity contribution >= 4 is 38.9 Å². The summed E-state index contributed by atoms with van der Waals surface area (Å²) in [6.45, 7) is -0.160. The second-order valence-electron chi connectivity index (χ2n) is 4.12. The number of aliphatic carboxylic acids is 1. The lowest BCUT2D eigenvalue weighted by Crippen LogP contribution is -2.25. The van der Waals surface area contributed by atoms with Crippen molar-refractivity contribution in [3.05, 3.63) is 33.7 Å². The number of carbonyl (C=O) groups is 1. The van der Waals surface area contributed by atoms with E-state index in [0.717, 1.165) is 15.8 Å². The number of carboxylic acid groups (broad SMARTS) is 1. The molecule has 0 saturated carbocycles. The van der Waals surface area contributed by atoms with E-state index < -0.39 is 16.0 Å². The maximum Gasteiger partial charge on any atom is 0.325 e. The van der Waals surface area contributed by atoms with Gasteiger partial charge in [0.05, 0.1) is 10.5 Å². The minimum Gasteiger partial charge on any atom is -0.480 e. The summed E-state index contributed by atoms with van der Waals surface area (Å²) in [6.07, 6.45) is 2.83. The van der Waals surface area contributed by atoms with Gasteiger partial charge >= 0.3 is 5.97 Å². The van der Waals surface area contributed by atoms with Gasteiger partial charge in [-0.2, -0.15) is 5.10 Å². The van der Waals surface area contributed by atoms with Gasteiger partial charge in [0.1, 0.15) is 11.4 Å². The topological polar surface area (TPSA) is 101 Å². The van der Waals surface area contributed by atoms with Crippen LogP contribution in [0.2, 0.25) is 4.34 Å². The molecule has 21 heavy (non-hydrogen) atoms. The number of thiophene rings is 1. The highest BCUT2D eigenvalue weighted by molar-refractivity contribution is 7.89. The average Bonchev–Trinajstić information content (AvgIpc) is 2.98. The van der Waals surface area contributed by atoms with Gasteiger partial charge in [0.25, 0.3) is 0 Å². The van der Waals surface area contributed by atoms with Crippen molar-refractivity contribution in [3.63, 3.8) is 0 Å². The van der Waals surface area contributed by atoms with E-state index in [-0.39, 0.29) is 18.0 Å². The molecule has 0 amide bonds. The normalized spacial score (nSPS) is 11.7. The predicted octanol–water partition coefficient (Wildman–Crippen LogP) is 1.20. The van der Waals surface area contributed by atoms with Crippen molar-refractivity contribution in [2.45, 2.75) is 17.9 Å². The molecular formula is C11H12ClN3O4S2. The lowest BCUT2D eigenvalue weighted by atomic mass is 10.3. The summed E-state index contributed by atoms with van der Waals surface area (Å²) >= 11 is 7.18. The Morgan fingerprint density at radius 2 is 2.24 bits per heavy atom. The minimum absolute atomic E-state index is 0.0621. The molecule has 0 aliphatic rings. The Morgan fingerprint density at radius 1 is 1.48 bits per heavy atom. The fraction of sp³-hybridized carbons (Fsp3) is 0.273. The van der Waals surface area contributed by atoms with Crippen LogP contribution in [0.25, 0.3) is 0 Å². The van der Waals surface area contributed by atoms with Crippen LogP contribution in [0.1, 0.15) is 4.88 Å². The third kappa shape index (κ3) is 4.53. The van der Waals surface area contributed by atoms with Crippen molar-refractivity contribution in [2.24, 2.45) is 0 Å². The number of sulfonamides is 1. The zero-order chi connectivity index (χ0) is 15.5. The van der Waals surface area contributed by atoms with Crippen LogP contribution < -0.4 is 4.72 Å². The molecule has 2 N–H and O–H groups in total. The van der Waals surface area contributed by atoms with Crippen LogP contribution in [0.3, 0.4) is 0 Å². The Hall–Kier alpha value is -1.42. The molecule has 0 unspecified atom stereocenters. The van der Waals surface area contributed by atoms with E-state index in [1.165, 1.54) is 17.5 Å². The smallest absolute Gasteiger partial charge is 0.325 e. The monoisotopic (exact) mass is 349 g/mol. The molecular weight excluding hydrogens is 338 g/mol. The van der Waals surface area contributed by atoms with E-state index in [2.05, 4.69) is 9.82 Å². The lowest BCUT2D eigenvalue weighted by molar-refractivity contribution is -0.137. The summed E-state index contributed by atoms with van der Waals surface area (Å²) in [4.78, 5) is 11.4. The van der Waals surface area contributed by atoms with Crippen LogP contribution in [0.15, 0.2) is 29.4 Å². The van der Waals surface area contributed by atoms with Crippen LogP contribution in [0.4, 0.5) is 0 Å². The van der Waals surface area contributed by atoms with Crippen LogP contribution in [-0.2, 0) is 27.8 Å². The number of aromatic nitrogens is 2. The Morgan fingerprint density at radius 3 is 2.86 bits per heavy atom. The van der Waals surface area contributed by atoms with Crippen molar-refractivity contribution in [1.82, 2.24) is 14.5 Å². The molecule has 0 bridgehead atoms. The van der Waals surface area contributed by atoms with E-state index in [1.807, 2.05) is 6.07 Å². The number of rotatable bonds is 7. The third-order valence-electron chi connectivity index (χ3n) is 2.51. The molecule has 0 saturated heterocycles. The molecule has 2 aromatic rings. The summed E-state index contributed by atoms with van der Waals surface area (Å²) < 4.78 is 28.1. The summed E-state index contributed by atoms with van der Waals surface area (Å²) in [5, 5.41) is 12.3. The summed E-state index contributed by atoms with van der Waals surface area (Å²) in [5.41, 5.74) is 0. The van der Waals surface area contributed by atoms with Crippen LogP contribution in [-0.4, -0.2) is 35.8 Å². The maximum absolute atomic E-state index is 12.0. The van der Waals surface area contributed by atoms with Gasteiger partial charge < -0.3 is 5.11 Å². The Labute approximate surface area is 130 Å². The molecule has 2 rings (SSSR count). The van der Waals surface area contributed by atoms with Crippen molar-refractivity contribution in [2.75, 3.05) is 6.54 Å². The lowest BCUT2D eigenvalue weighted by Gasteiger charge is -2.03. The van der Waals surface area contributed by atoms with Crippen molar-refractivity contribution < 1.29 is 18.3 Å². The van der Waals surface area contributed by atoms with Gasteiger partial charge in [0.2, 0.25) is 10.0 Å². The number of carboxylic acids is 1. The van der Waals surface area contributed by atoms with Gasteiger partial charge in [-0.05, 0) is 18.6 Å². The molecule has 7 nitrogen and oxygen atoms in total. The van der Waals surface area contributed by atoms with E-state index in [1.54, 1.807) is 6.07 Å². The first kappa shape index (κ1) is 16.0. The first-order valence-corrected chi connectivity index (χ1v) is 8.53. The van der Waals surface area contributed by atoms with Gasteiger partial charge in [0.15, 0.2) is 0 Å². The first-order valence-electron chi connectivity index (χ1n) is 5.85. The Bertz CT molecular complexity index is 738. The summed E-state index contributed by atoms with van der Waals surface area (Å²) in [5.74, 6) is -1.09. The standard InChI is InChI=1S/C11H12ClN3O4S2/c12-10-2-1-8(20-10)3-4-14-21(18,19)9-5-13-15(6-9)7-11(16)17/h1-2,5-6,14H,3-4,7H2,(H,16,17). The van der Waals surface area contributed by atoms with Gasteiger partial charge in [-0.15, -0.1) is 11.3 Å². The maximum atomic E-state index is 12.0. The molecule has 0 aliphatic heterocycles. The zero-order valence-electron chi connectivity index (χ0n) is 10.7. The van der Waals surface area contributed by atoms with Gasteiger partial charge in [0, 0.05) is 17.6 Å². The van der Waals surface area contributed by atoms with E-state index in [9.17, 15) is 13.2 Å². The van der Waals surface area contributed by atoms with E-state index in [4.69, 9.17) is 16.7 Å². The van der Waals surface area contributed by atoms with Crippen LogP contribution >= 0.6 is 22.9 Å². The molecule has 10 heteroatoms. The number of halogens is 1. The van der Waals surface area contributed by atoms with Gasteiger partial charge in [-0.3, -0.25) is 9.48 Å². The number of hydrogen-bond donors (Lipinski definition) is 2. The fourth-order valence-electron chi connectivity index (χ4n) is 1.59. The largest absolute Gasteiger partial charge is 0.480 e. The second kappa shape index (κ2) is 6.56. The molecule has 2 heterocycles. The van der Waals surface area contributed by atoms with Crippen LogP contribution in [0, 0.1) is 0 Å². The highest BCUT2D eigenvalue weighted by atomic mass is 35.5.